The first kappa shape index (κ1) is 17.3. The van der Waals surface area contributed by atoms with Gasteiger partial charge in [-0.3, -0.25) is 9.67 Å². The number of aromatic nitrogens is 5. The maximum Gasteiger partial charge on any atom is 0.191 e. The van der Waals surface area contributed by atoms with Crippen molar-refractivity contribution in [3.63, 3.8) is 0 Å². The highest BCUT2D eigenvalue weighted by Gasteiger charge is 2.17. The van der Waals surface area contributed by atoms with Crippen molar-refractivity contribution in [1.82, 2.24) is 35.2 Å². The topological polar surface area (TPSA) is 84.9 Å². The summed E-state index contributed by atoms with van der Waals surface area (Å²) in [6.45, 7) is 3.06. The Morgan fingerprint density at radius 1 is 1.11 bits per heavy atom. The van der Waals surface area contributed by atoms with Gasteiger partial charge in [0, 0.05) is 39.0 Å². The summed E-state index contributed by atoms with van der Waals surface area (Å²) in [5, 5.41) is 19.5. The molecule has 2 N–H and O–H groups in total. The van der Waals surface area contributed by atoms with E-state index in [1.807, 2.05) is 16.9 Å². The molecule has 3 aromatic rings. The maximum absolute atomic E-state index is 4.32. The Bertz CT molecular complexity index is 910. The van der Waals surface area contributed by atoms with E-state index in [9.17, 15) is 0 Å². The van der Waals surface area contributed by atoms with Crippen molar-refractivity contribution in [2.45, 2.75) is 39.0 Å². The normalized spacial score (nSPS) is 13.6. The van der Waals surface area contributed by atoms with Crippen molar-refractivity contribution < 1.29 is 0 Å². The highest BCUT2D eigenvalue weighted by molar-refractivity contribution is 5.79. The Labute approximate surface area is 158 Å². The molecule has 8 heteroatoms. The molecule has 2 aromatic heterocycles. The molecule has 1 aliphatic rings. The highest BCUT2D eigenvalue weighted by atomic mass is 15.3. The van der Waals surface area contributed by atoms with E-state index in [0.717, 1.165) is 43.5 Å². The Hall–Kier alpha value is -3.16. The van der Waals surface area contributed by atoms with Crippen molar-refractivity contribution in [1.29, 1.82) is 0 Å². The fraction of sp³-hybridized carbons (Fsp3) is 0.368. The third kappa shape index (κ3) is 3.99. The summed E-state index contributed by atoms with van der Waals surface area (Å²) in [4.78, 5) is 4.32. The molecule has 0 bridgehead atoms. The van der Waals surface area contributed by atoms with E-state index >= 15 is 0 Å². The molecule has 0 saturated heterocycles. The SMILES string of the molecule is CN=C(NCc1ccccc1Cn1cccn1)NCc1nnc2n1CCC2. The number of aryl methyl sites for hydroxylation is 1. The molecule has 0 atom stereocenters. The van der Waals surface area contributed by atoms with Crippen LogP contribution >= 0.6 is 0 Å². The number of guanidine groups is 1. The molecule has 0 fully saturated rings. The van der Waals surface area contributed by atoms with Gasteiger partial charge in [-0.2, -0.15) is 5.10 Å². The molecule has 3 heterocycles. The van der Waals surface area contributed by atoms with E-state index in [-0.39, 0.29) is 0 Å². The summed E-state index contributed by atoms with van der Waals surface area (Å²) in [5.41, 5.74) is 2.46. The van der Waals surface area contributed by atoms with Crippen molar-refractivity contribution in [2.75, 3.05) is 7.05 Å². The molecule has 0 aliphatic carbocycles. The molecule has 0 spiro atoms. The van der Waals surface area contributed by atoms with Gasteiger partial charge in [-0.15, -0.1) is 10.2 Å². The lowest BCUT2D eigenvalue weighted by Gasteiger charge is -2.14. The Morgan fingerprint density at radius 3 is 2.78 bits per heavy atom. The Morgan fingerprint density at radius 2 is 1.96 bits per heavy atom. The van der Waals surface area contributed by atoms with Crippen LogP contribution in [0, 0.1) is 0 Å². The van der Waals surface area contributed by atoms with Crippen molar-refractivity contribution in [2.24, 2.45) is 4.99 Å². The first-order valence-corrected chi connectivity index (χ1v) is 9.23. The fourth-order valence-corrected chi connectivity index (χ4v) is 3.36. The van der Waals surface area contributed by atoms with Crippen LogP contribution in [0.4, 0.5) is 0 Å². The Kier molecular flexibility index (Phi) is 5.13. The molecule has 0 amide bonds. The van der Waals surface area contributed by atoms with Gasteiger partial charge in [0.2, 0.25) is 0 Å². The van der Waals surface area contributed by atoms with E-state index in [4.69, 9.17) is 0 Å². The predicted molar refractivity (Wildman–Crippen MR) is 103 cm³/mol. The summed E-state index contributed by atoms with van der Waals surface area (Å²) < 4.78 is 4.12. The molecule has 8 nitrogen and oxygen atoms in total. The lowest BCUT2D eigenvalue weighted by molar-refractivity contribution is 0.660. The van der Waals surface area contributed by atoms with Crippen LogP contribution in [-0.4, -0.2) is 37.6 Å². The zero-order valence-corrected chi connectivity index (χ0v) is 15.5. The van der Waals surface area contributed by atoms with E-state index < -0.39 is 0 Å². The van der Waals surface area contributed by atoms with Crippen LogP contribution in [0.25, 0.3) is 0 Å². The number of rotatable bonds is 6. The molecule has 0 radical (unpaired) electrons. The van der Waals surface area contributed by atoms with Gasteiger partial charge in [0.05, 0.1) is 13.1 Å². The third-order valence-corrected chi connectivity index (χ3v) is 4.78. The lowest BCUT2D eigenvalue weighted by atomic mass is 10.1. The second-order valence-corrected chi connectivity index (χ2v) is 6.54. The van der Waals surface area contributed by atoms with Crippen molar-refractivity contribution >= 4 is 5.96 Å². The molecule has 1 aliphatic heterocycles. The van der Waals surface area contributed by atoms with Gasteiger partial charge in [0.1, 0.15) is 5.82 Å². The number of aliphatic imine (C=N–C) groups is 1. The highest BCUT2D eigenvalue weighted by Crippen LogP contribution is 2.13. The van der Waals surface area contributed by atoms with Gasteiger partial charge in [-0.05, 0) is 23.6 Å². The number of fused-ring (bicyclic) bond motifs is 1. The fourth-order valence-electron chi connectivity index (χ4n) is 3.36. The molecule has 27 heavy (non-hydrogen) atoms. The number of hydrogen-bond donors (Lipinski definition) is 2. The second-order valence-electron chi connectivity index (χ2n) is 6.54. The first-order chi connectivity index (χ1) is 13.3. The average molecular weight is 364 g/mol. The van der Waals surface area contributed by atoms with Gasteiger partial charge in [0.25, 0.3) is 0 Å². The minimum atomic E-state index is 0.613. The van der Waals surface area contributed by atoms with E-state index in [1.165, 1.54) is 11.1 Å². The lowest BCUT2D eigenvalue weighted by Crippen LogP contribution is -2.37. The van der Waals surface area contributed by atoms with Crippen molar-refractivity contribution in [3.8, 4) is 0 Å². The third-order valence-electron chi connectivity index (χ3n) is 4.78. The zero-order chi connectivity index (χ0) is 18.5. The minimum Gasteiger partial charge on any atom is -0.352 e. The smallest absolute Gasteiger partial charge is 0.191 e. The number of benzene rings is 1. The van der Waals surface area contributed by atoms with E-state index in [2.05, 4.69) is 59.8 Å². The molecule has 0 unspecified atom stereocenters. The largest absolute Gasteiger partial charge is 0.352 e. The van der Waals surface area contributed by atoms with E-state index in [0.29, 0.717) is 13.1 Å². The van der Waals surface area contributed by atoms with Gasteiger partial charge >= 0.3 is 0 Å². The summed E-state index contributed by atoms with van der Waals surface area (Å²) in [6.07, 6.45) is 5.94. The number of nitrogens with one attached hydrogen (secondary N) is 2. The first-order valence-electron chi connectivity index (χ1n) is 9.23. The predicted octanol–water partition coefficient (Wildman–Crippen LogP) is 1.33. The molecule has 0 saturated carbocycles. The minimum absolute atomic E-state index is 0.613. The number of nitrogens with zero attached hydrogens (tertiary/aromatic N) is 6. The van der Waals surface area contributed by atoms with Crippen LogP contribution in [0.3, 0.4) is 0 Å². The van der Waals surface area contributed by atoms with Gasteiger partial charge in [-0.25, -0.2) is 0 Å². The quantitative estimate of drug-likeness (QED) is 0.509. The molecule has 4 rings (SSSR count). The van der Waals surface area contributed by atoms with Crippen LogP contribution in [-0.2, 0) is 32.6 Å². The van der Waals surface area contributed by atoms with Crippen LogP contribution in [0.15, 0.2) is 47.7 Å². The standard InChI is InChI=1S/C19H24N8/c1-20-19(22-13-18-25-24-17-8-4-11-27(17)18)21-12-15-6-2-3-7-16(15)14-26-10-5-9-23-26/h2-3,5-7,9-10H,4,8,11-14H2,1H3,(H2,20,21,22). The molecule has 140 valence electrons. The molecular weight excluding hydrogens is 340 g/mol. The summed E-state index contributed by atoms with van der Waals surface area (Å²) in [6, 6.07) is 10.3. The average Bonchev–Trinajstić information content (AvgIpc) is 3.42. The van der Waals surface area contributed by atoms with Gasteiger partial charge < -0.3 is 15.2 Å². The molecule has 1 aromatic carbocycles. The zero-order valence-electron chi connectivity index (χ0n) is 15.5. The van der Waals surface area contributed by atoms with E-state index in [1.54, 1.807) is 13.2 Å². The number of hydrogen-bond acceptors (Lipinski definition) is 4. The maximum atomic E-state index is 4.32. The van der Waals surface area contributed by atoms with Crippen LogP contribution in [0.1, 0.15) is 29.2 Å². The molecular formula is C19H24N8. The van der Waals surface area contributed by atoms with Gasteiger partial charge in [-0.1, -0.05) is 24.3 Å². The van der Waals surface area contributed by atoms with Crippen LogP contribution in [0.2, 0.25) is 0 Å². The second kappa shape index (κ2) is 8.03. The summed E-state index contributed by atoms with van der Waals surface area (Å²) in [7, 11) is 1.78. The van der Waals surface area contributed by atoms with Crippen LogP contribution in [0.5, 0.6) is 0 Å². The van der Waals surface area contributed by atoms with Gasteiger partial charge in [0.15, 0.2) is 11.8 Å². The summed E-state index contributed by atoms with van der Waals surface area (Å²) in [5.74, 6) is 2.80. The monoisotopic (exact) mass is 364 g/mol. The van der Waals surface area contributed by atoms with Crippen molar-refractivity contribution in [3.05, 3.63) is 65.5 Å². The van der Waals surface area contributed by atoms with Crippen LogP contribution < -0.4 is 10.6 Å². The Balaban J connectivity index is 1.36. The summed E-state index contributed by atoms with van der Waals surface area (Å²) >= 11 is 0.